The van der Waals surface area contributed by atoms with E-state index < -0.39 is 17.4 Å². The van der Waals surface area contributed by atoms with Gasteiger partial charge < -0.3 is 32.8 Å². The van der Waals surface area contributed by atoms with Gasteiger partial charge in [0.1, 0.15) is 23.3 Å². The van der Waals surface area contributed by atoms with Crippen LogP contribution in [0, 0.1) is 0 Å². The molecule has 0 unspecified atom stereocenters. The minimum atomic E-state index is -0.684. The average Bonchev–Trinajstić information content (AvgIpc) is 2.93. The first-order valence-corrected chi connectivity index (χ1v) is 10.8. The minimum absolute atomic E-state index is 0.0551. The third-order valence-corrected chi connectivity index (χ3v) is 5.33. The van der Waals surface area contributed by atoms with E-state index in [0.29, 0.717) is 28.6 Å². The summed E-state index contributed by atoms with van der Waals surface area (Å²) in [5.74, 6) is 0.190. The maximum absolute atomic E-state index is 12.9. The number of hydrogen-bond acceptors (Lipinski definition) is 10. The molecule has 0 spiro atoms. The molecule has 4 aromatic rings. The molecule has 4 rings (SSSR count). The lowest BCUT2D eigenvalue weighted by Crippen LogP contribution is -2.10. The first kappa shape index (κ1) is 25.1. The van der Waals surface area contributed by atoms with Crippen LogP contribution in [0.2, 0.25) is 0 Å². The zero-order valence-corrected chi connectivity index (χ0v) is 20.4. The molecular weight excluding hydrogens is 484 g/mol. The number of esters is 2. The van der Waals surface area contributed by atoms with Crippen molar-refractivity contribution in [2.45, 2.75) is 0 Å². The summed E-state index contributed by atoms with van der Waals surface area (Å²) in [4.78, 5) is 37.3. The van der Waals surface area contributed by atoms with E-state index in [-0.39, 0.29) is 28.0 Å². The fraction of sp³-hybridized carbons (Fsp3) is 0.148. The van der Waals surface area contributed by atoms with Gasteiger partial charge in [0.15, 0.2) is 11.5 Å². The molecule has 10 nitrogen and oxygen atoms in total. The van der Waals surface area contributed by atoms with Gasteiger partial charge in [0.25, 0.3) is 0 Å². The molecule has 0 fully saturated rings. The highest BCUT2D eigenvalue weighted by Crippen LogP contribution is 2.38. The van der Waals surface area contributed by atoms with E-state index in [1.54, 1.807) is 0 Å². The molecule has 0 radical (unpaired) electrons. The minimum Gasteiger partial charge on any atom is -0.493 e. The maximum atomic E-state index is 12.9. The molecule has 190 valence electrons. The predicted octanol–water partition coefficient (Wildman–Crippen LogP) is 4.62. The molecule has 3 aromatic carbocycles. The van der Waals surface area contributed by atoms with Gasteiger partial charge in [-0.15, -0.1) is 0 Å². The number of methoxy groups -OCH3 is 4. The standard InChI is InChI=1S/C27H22O10/c1-31-21-11-16(12-22(32-2)25(21)33-3)27(30)37-18-9-10-19-20(13-18)35-14-23(24(19)28)36-17-7-5-15(6-8-17)26(29)34-4/h5-14H,1-4H3. The molecule has 10 heteroatoms. The summed E-state index contributed by atoms with van der Waals surface area (Å²) in [5, 5.41) is 0.219. The molecule has 0 bridgehead atoms. The summed E-state index contributed by atoms with van der Waals surface area (Å²) in [6.45, 7) is 0. The number of ether oxygens (including phenoxy) is 6. The van der Waals surface area contributed by atoms with Crippen LogP contribution in [-0.2, 0) is 4.74 Å². The number of fused-ring (bicyclic) bond motifs is 1. The van der Waals surface area contributed by atoms with E-state index in [4.69, 9.17) is 28.1 Å². The Kier molecular flexibility index (Phi) is 7.28. The van der Waals surface area contributed by atoms with Crippen molar-refractivity contribution < 1.29 is 42.4 Å². The van der Waals surface area contributed by atoms with Crippen LogP contribution in [0.3, 0.4) is 0 Å². The number of benzene rings is 3. The van der Waals surface area contributed by atoms with Gasteiger partial charge in [-0.3, -0.25) is 4.79 Å². The average molecular weight is 506 g/mol. The first-order chi connectivity index (χ1) is 17.9. The lowest BCUT2D eigenvalue weighted by Gasteiger charge is -2.13. The zero-order chi connectivity index (χ0) is 26.5. The van der Waals surface area contributed by atoms with Crippen LogP contribution < -0.4 is 29.1 Å². The number of carbonyl (C=O) groups excluding carboxylic acids is 2. The summed E-state index contributed by atoms with van der Waals surface area (Å²) in [5.41, 5.74) is 0.265. The molecule has 0 atom stereocenters. The Morgan fingerprint density at radius 3 is 1.95 bits per heavy atom. The smallest absolute Gasteiger partial charge is 0.343 e. The molecule has 1 aromatic heterocycles. The second kappa shape index (κ2) is 10.7. The highest BCUT2D eigenvalue weighted by atomic mass is 16.5. The third-order valence-electron chi connectivity index (χ3n) is 5.33. The van der Waals surface area contributed by atoms with Crippen molar-refractivity contribution in [1.82, 2.24) is 0 Å². The van der Waals surface area contributed by atoms with Crippen molar-refractivity contribution in [1.29, 1.82) is 0 Å². The van der Waals surface area contributed by atoms with Crippen LogP contribution in [-0.4, -0.2) is 40.4 Å². The van der Waals surface area contributed by atoms with Gasteiger partial charge in [0.05, 0.1) is 45.0 Å². The SMILES string of the molecule is COC(=O)c1ccc(Oc2coc3cc(OC(=O)c4cc(OC)c(OC)c(OC)c4)ccc3c2=O)cc1. The van der Waals surface area contributed by atoms with E-state index in [2.05, 4.69) is 4.74 Å². The summed E-state index contributed by atoms with van der Waals surface area (Å²) >= 11 is 0. The first-order valence-electron chi connectivity index (χ1n) is 10.8. The fourth-order valence-electron chi connectivity index (χ4n) is 3.49. The lowest BCUT2D eigenvalue weighted by molar-refractivity contribution is 0.0600. The Hall–Kier alpha value is -4.99. The Labute approximate surface area is 210 Å². The van der Waals surface area contributed by atoms with Gasteiger partial charge in [0, 0.05) is 6.07 Å². The Balaban J connectivity index is 1.56. The van der Waals surface area contributed by atoms with Crippen LogP contribution in [0.1, 0.15) is 20.7 Å². The molecular formula is C27H22O10. The van der Waals surface area contributed by atoms with E-state index in [1.165, 1.54) is 83.0 Å². The van der Waals surface area contributed by atoms with Gasteiger partial charge in [-0.25, -0.2) is 9.59 Å². The lowest BCUT2D eigenvalue weighted by atomic mass is 10.1. The monoisotopic (exact) mass is 506 g/mol. The van der Waals surface area contributed by atoms with Gasteiger partial charge in [-0.2, -0.15) is 0 Å². The number of hydrogen-bond donors (Lipinski definition) is 0. The third kappa shape index (κ3) is 5.18. The Morgan fingerprint density at radius 1 is 0.703 bits per heavy atom. The fourth-order valence-corrected chi connectivity index (χ4v) is 3.49. The van der Waals surface area contributed by atoms with Crippen molar-refractivity contribution in [3.05, 3.63) is 82.2 Å². The second-order valence-corrected chi connectivity index (χ2v) is 7.51. The van der Waals surface area contributed by atoms with E-state index in [0.717, 1.165) is 6.26 Å². The van der Waals surface area contributed by atoms with Gasteiger partial charge in [0.2, 0.25) is 16.9 Å². The molecule has 37 heavy (non-hydrogen) atoms. The summed E-state index contributed by atoms with van der Waals surface area (Å²) < 4.78 is 37.1. The predicted molar refractivity (Wildman–Crippen MR) is 131 cm³/mol. The van der Waals surface area contributed by atoms with Crippen LogP contribution in [0.4, 0.5) is 0 Å². The highest BCUT2D eigenvalue weighted by molar-refractivity contribution is 5.93. The van der Waals surface area contributed by atoms with Crippen molar-refractivity contribution in [2.24, 2.45) is 0 Å². The molecule has 1 heterocycles. The summed E-state index contributed by atoms with van der Waals surface area (Å²) in [6.07, 6.45) is 1.16. The van der Waals surface area contributed by atoms with E-state index >= 15 is 0 Å². The van der Waals surface area contributed by atoms with E-state index in [1.807, 2.05) is 0 Å². The summed E-state index contributed by atoms with van der Waals surface area (Å²) in [6, 6.07) is 13.4. The van der Waals surface area contributed by atoms with Crippen molar-refractivity contribution in [3.8, 4) is 34.5 Å². The van der Waals surface area contributed by atoms with Gasteiger partial charge in [-0.05, 0) is 48.5 Å². The molecule has 0 aliphatic rings. The molecule has 0 aliphatic heterocycles. The highest BCUT2D eigenvalue weighted by Gasteiger charge is 2.19. The van der Waals surface area contributed by atoms with Crippen LogP contribution >= 0.6 is 0 Å². The van der Waals surface area contributed by atoms with Gasteiger partial charge >= 0.3 is 11.9 Å². The summed E-state index contributed by atoms with van der Waals surface area (Å²) in [7, 11) is 5.62. The van der Waals surface area contributed by atoms with Crippen LogP contribution in [0.25, 0.3) is 11.0 Å². The zero-order valence-electron chi connectivity index (χ0n) is 20.4. The molecule has 0 aliphatic carbocycles. The molecule has 0 saturated heterocycles. The Bertz CT molecular complexity index is 1490. The largest absolute Gasteiger partial charge is 0.493 e. The number of carbonyl (C=O) groups is 2. The van der Waals surface area contributed by atoms with Crippen molar-refractivity contribution in [2.75, 3.05) is 28.4 Å². The normalized spacial score (nSPS) is 10.5. The Morgan fingerprint density at radius 2 is 1.35 bits per heavy atom. The maximum Gasteiger partial charge on any atom is 0.343 e. The topological polar surface area (TPSA) is 120 Å². The van der Waals surface area contributed by atoms with Crippen molar-refractivity contribution >= 4 is 22.9 Å². The van der Waals surface area contributed by atoms with Crippen LogP contribution in [0.5, 0.6) is 34.5 Å². The molecule has 0 N–H and O–H groups in total. The van der Waals surface area contributed by atoms with Crippen molar-refractivity contribution in [3.63, 3.8) is 0 Å². The van der Waals surface area contributed by atoms with Gasteiger partial charge in [-0.1, -0.05) is 0 Å². The van der Waals surface area contributed by atoms with E-state index in [9.17, 15) is 14.4 Å². The molecule has 0 amide bonds. The number of rotatable bonds is 8. The second-order valence-electron chi connectivity index (χ2n) is 7.51. The quantitative estimate of drug-likeness (QED) is 0.247. The van der Waals surface area contributed by atoms with Crippen LogP contribution in [0.15, 0.2) is 70.1 Å². The molecule has 0 saturated carbocycles.